The normalized spacial score (nSPS) is 15.7. The van der Waals surface area contributed by atoms with Crippen molar-refractivity contribution in [1.29, 1.82) is 0 Å². The summed E-state index contributed by atoms with van der Waals surface area (Å²) >= 11 is 1.72. The number of hydrogen-bond acceptors (Lipinski definition) is 5. The van der Waals surface area contributed by atoms with Gasteiger partial charge in [-0.1, -0.05) is 6.92 Å². The van der Waals surface area contributed by atoms with E-state index >= 15 is 0 Å². The van der Waals surface area contributed by atoms with Crippen LogP contribution in [0.1, 0.15) is 24.0 Å². The first kappa shape index (κ1) is 10.4. The first-order valence-corrected chi connectivity index (χ1v) is 6.22. The van der Waals surface area contributed by atoms with Crippen LogP contribution in [0.15, 0.2) is 10.4 Å². The van der Waals surface area contributed by atoms with E-state index in [1.807, 2.05) is 0 Å². The SMILES string of the molecule is CCc1nc(CNC2=NCCCN2)cs1. The number of rotatable bonds is 3. The van der Waals surface area contributed by atoms with Gasteiger partial charge in [-0.2, -0.15) is 0 Å². The van der Waals surface area contributed by atoms with Gasteiger partial charge in [-0.3, -0.25) is 4.99 Å². The molecule has 0 saturated heterocycles. The third kappa shape index (κ3) is 2.92. The molecule has 0 amide bonds. The standard InChI is InChI=1S/C10H16N4S/c1-2-9-14-8(7-15-9)6-13-10-11-4-3-5-12-10/h7H,2-6H2,1H3,(H2,11,12,13). The fourth-order valence-electron chi connectivity index (χ4n) is 1.42. The van der Waals surface area contributed by atoms with Gasteiger partial charge in [0.2, 0.25) is 0 Å². The van der Waals surface area contributed by atoms with Crippen LogP contribution < -0.4 is 10.6 Å². The van der Waals surface area contributed by atoms with E-state index < -0.39 is 0 Å². The zero-order valence-electron chi connectivity index (χ0n) is 8.92. The highest BCUT2D eigenvalue weighted by Crippen LogP contribution is 2.09. The molecule has 4 nitrogen and oxygen atoms in total. The summed E-state index contributed by atoms with van der Waals surface area (Å²) in [6.07, 6.45) is 2.14. The summed E-state index contributed by atoms with van der Waals surface area (Å²) in [4.78, 5) is 8.83. The third-order valence-electron chi connectivity index (χ3n) is 2.24. The van der Waals surface area contributed by atoms with E-state index in [2.05, 4.69) is 32.9 Å². The van der Waals surface area contributed by atoms with Crippen LogP contribution in [0.4, 0.5) is 0 Å². The Balaban J connectivity index is 1.84. The largest absolute Gasteiger partial charge is 0.356 e. The molecule has 0 unspecified atom stereocenters. The molecular formula is C10H16N4S. The predicted molar refractivity (Wildman–Crippen MR) is 63.3 cm³/mol. The number of guanidine groups is 1. The van der Waals surface area contributed by atoms with Gasteiger partial charge in [0.15, 0.2) is 5.96 Å². The molecule has 15 heavy (non-hydrogen) atoms. The zero-order valence-corrected chi connectivity index (χ0v) is 9.73. The molecule has 1 aromatic rings. The summed E-state index contributed by atoms with van der Waals surface area (Å²) < 4.78 is 0. The number of aliphatic imine (C=N–C) groups is 1. The average Bonchev–Trinajstić information content (AvgIpc) is 2.76. The van der Waals surface area contributed by atoms with Crippen LogP contribution in [0.3, 0.4) is 0 Å². The molecule has 0 bridgehead atoms. The van der Waals surface area contributed by atoms with Gasteiger partial charge in [0.05, 0.1) is 17.2 Å². The Morgan fingerprint density at radius 3 is 3.20 bits per heavy atom. The predicted octanol–water partition coefficient (Wildman–Crippen LogP) is 1.14. The maximum Gasteiger partial charge on any atom is 0.191 e. The van der Waals surface area contributed by atoms with Gasteiger partial charge >= 0.3 is 0 Å². The summed E-state index contributed by atoms with van der Waals surface area (Å²) in [6.45, 7) is 4.83. The second-order valence-corrected chi connectivity index (χ2v) is 4.39. The Morgan fingerprint density at radius 2 is 2.53 bits per heavy atom. The van der Waals surface area contributed by atoms with Crippen molar-refractivity contribution in [2.75, 3.05) is 13.1 Å². The second kappa shape index (κ2) is 5.11. The van der Waals surface area contributed by atoms with E-state index in [4.69, 9.17) is 0 Å². The highest BCUT2D eigenvalue weighted by atomic mass is 32.1. The van der Waals surface area contributed by atoms with E-state index in [1.54, 1.807) is 11.3 Å². The molecule has 2 N–H and O–H groups in total. The number of aryl methyl sites for hydroxylation is 1. The lowest BCUT2D eigenvalue weighted by Gasteiger charge is -2.15. The topological polar surface area (TPSA) is 49.3 Å². The summed E-state index contributed by atoms with van der Waals surface area (Å²) in [5, 5.41) is 9.79. The average molecular weight is 224 g/mol. The van der Waals surface area contributed by atoms with Gasteiger partial charge in [-0.05, 0) is 12.8 Å². The molecule has 0 fully saturated rings. The lowest BCUT2D eigenvalue weighted by molar-refractivity contribution is 0.699. The summed E-state index contributed by atoms with van der Waals surface area (Å²) in [7, 11) is 0. The lowest BCUT2D eigenvalue weighted by Crippen LogP contribution is -2.40. The second-order valence-electron chi connectivity index (χ2n) is 3.45. The Bertz CT molecular complexity index is 345. The first-order chi connectivity index (χ1) is 7.38. The fraction of sp³-hybridized carbons (Fsp3) is 0.600. The van der Waals surface area contributed by atoms with E-state index in [9.17, 15) is 0 Å². The van der Waals surface area contributed by atoms with E-state index in [1.165, 1.54) is 5.01 Å². The Morgan fingerprint density at radius 1 is 1.60 bits per heavy atom. The van der Waals surface area contributed by atoms with Gasteiger partial charge in [0.1, 0.15) is 0 Å². The molecule has 1 aromatic heterocycles. The molecule has 0 radical (unpaired) electrons. The van der Waals surface area contributed by atoms with Crippen molar-refractivity contribution in [3.8, 4) is 0 Å². The maximum atomic E-state index is 4.49. The van der Waals surface area contributed by atoms with Crippen molar-refractivity contribution in [1.82, 2.24) is 15.6 Å². The third-order valence-corrected chi connectivity index (χ3v) is 3.28. The van der Waals surface area contributed by atoms with Crippen LogP contribution in [0, 0.1) is 0 Å². The molecule has 0 atom stereocenters. The van der Waals surface area contributed by atoms with Crippen molar-refractivity contribution in [3.05, 3.63) is 16.1 Å². The Labute approximate surface area is 93.8 Å². The van der Waals surface area contributed by atoms with Gasteiger partial charge in [0, 0.05) is 18.5 Å². The molecule has 2 rings (SSSR count). The van der Waals surface area contributed by atoms with Crippen LogP contribution in [-0.4, -0.2) is 24.0 Å². The van der Waals surface area contributed by atoms with Crippen LogP contribution in [-0.2, 0) is 13.0 Å². The van der Waals surface area contributed by atoms with Crippen molar-refractivity contribution >= 4 is 17.3 Å². The van der Waals surface area contributed by atoms with Crippen LogP contribution in [0.5, 0.6) is 0 Å². The number of aromatic nitrogens is 1. The molecule has 1 aliphatic rings. The number of thiazole rings is 1. The molecule has 0 spiro atoms. The van der Waals surface area contributed by atoms with Crippen molar-refractivity contribution < 1.29 is 0 Å². The maximum absolute atomic E-state index is 4.49. The monoisotopic (exact) mass is 224 g/mol. The van der Waals surface area contributed by atoms with Crippen molar-refractivity contribution in [2.45, 2.75) is 26.3 Å². The van der Waals surface area contributed by atoms with Crippen molar-refractivity contribution in [3.63, 3.8) is 0 Å². The van der Waals surface area contributed by atoms with Gasteiger partial charge in [-0.15, -0.1) is 11.3 Å². The summed E-state index contributed by atoms with van der Waals surface area (Å²) in [5.41, 5.74) is 1.10. The van der Waals surface area contributed by atoms with E-state index in [0.717, 1.165) is 44.1 Å². The van der Waals surface area contributed by atoms with Crippen LogP contribution in [0.25, 0.3) is 0 Å². The molecule has 1 aliphatic heterocycles. The minimum atomic E-state index is 0.766. The van der Waals surface area contributed by atoms with Crippen LogP contribution in [0.2, 0.25) is 0 Å². The minimum absolute atomic E-state index is 0.766. The Hall–Kier alpha value is -1.10. The molecule has 0 aliphatic carbocycles. The minimum Gasteiger partial charge on any atom is -0.356 e. The first-order valence-electron chi connectivity index (χ1n) is 5.34. The lowest BCUT2D eigenvalue weighted by atomic mass is 10.4. The van der Waals surface area contributed by atoms with Gasteiger partial charge < -0.3 is 10.6 Å². The van der Waals surface area contributed by atoms with Crippen LogP contribution >= 0.6 is 11.3 Å². The molecule has 0 aromatic carbocycles. The summed E-state index contributed by atoms with van der Waals surface area (Å²) in [6, 6.07) is 0. The van der Waals surface area contributed by atoms with Crippen molar-refractivity contribution in [2.24, 2.45) is 4.99 Å². The highest BCUT2D eigenvalue weighted by Gasteiger charge is 2.04. The molecule has 82 valence electrons. The molecular weight excluding hydrogens is 208 g/mol. The molecule has 5 heteroatoms. The highest BCUT2D eigenvalue weighted by molar-refractivity contribution is 7.09. The number of nitrogens with zero attached hydrogens (tertiary/aromatic N) is 2. The smallest absolute Gasteiger partial charge is 0.191 e. The zero-order chi connectivity index (χ0) is 10.5. The number of nitrogens with one attached hydrogen (secondary N) is 2. The van der Waals surface area contributed by atoms with Gasteiger partial charge in [0.25, 0.3) is 0 Å². The molecule has 0 saturated carbocycles. The number of hydrogen-bond donors (Lipinski definition) is 2. The quantitative estimate of drug-likeness (QED) is 0.809. The van der Waals surface area contributed by atoms with E-state index in [0.29, 0.717) is 0 Å². The van der Waals surface area contributed by atoms with E-state index in [-0.39, 0.29) is 0 Å². The summed E-state index contributed by atoms with van der Waals surface area (Å²) in [5.74, 6) is 0.910. The fourth-order valence-corrected chi connectivity index (χ4v) is 2.16. The Kier molecular flexibility index (Phi) is 3.55. The molecule has 2 heterocycles. The van der Waals surface area contributed by atoms with Gasteiger partial charge in [-0.25, -0.2) is 4.98 Å².